The zero-order chi connectivity index (χ0) is 12.7. The predicted molar refractivity (Wildman–Crippen MR) is 61.1 cm³/mol. The lowest BCUT2D eigenvalue weighted by atomic mass is 10.1. The highest BCUT2D eigenvalue weighted by atomic mass is 16.7. The Morgan fingerprint density at radius 2 is 2.39 bits per heavy atom. The number of ether oxygens (including phenoxy) is 3. The summed E-state index contributed by atoms with van der Waals surface area (Å²) in [6.45, 7) is 2.40. The molecule has 0 radical (unpaired) electrons. The van der Waals surface area contributed by atoms with Crippen LogP contribution in [0.2, 0.25) is 0 Å². The van der Waals surface area contributed by atoms with Crippen LogP contribution < -0.4 is 0 Å². The average Bonchev–Trinajstić information content (AvgIpc) is 2.91. The minimum atomic E-state index is -0.354. The Labute approximate surface area is 105 Å². The van der Waals surface area contributed by atoms with Crippen LogP contribution in [0.25, 0.3) is 0 Å². The van der Waals surface area contributed by atoms with Crippen LogP contribution >= 0.6 is 0 Å². The first kappa shape index (κ1) is 11.7. The molecule has 0 spiro atoms. The topological polar surface area (TPSA) is 73.4 Å². The second kappa shape index (κ2) is 4.37. The van der Waals surface area contributed by atoms with Gasteiger partial charge in [-0.2, -0.15) is 5.10 Å². The molecular weight excluding hydrogens is 236 g/mol. The van der Waals surface area contributed by atoms with Gasteiger partial charge in [0, 0.05) is 12.7 Å². The van der Waals surface area contributed by atoms with Gasteiger partial charge in [0.2, 0.25) is 0 Å². The predicted octanol–water partition coefficient (Wildman–Crippen LogP) is 1.37. The number of rotatable bonds is 5. The maximum Gasteiger partial charge on any atom is 0.359 e. The summed E-state index contributed by atoms with van der Waals surface area (Å²) in [5.41, 5.74) is 2.32. The second-order valence-corrected chi connectivity index (χ2v) is 4.62. The molecule has 1 aromatic rings. The van der Waals surface area contributed by atoms with E-state index in [1.54, 1.807) is 14.0 Å². The van der Waals surface area contributed by atoms with Crippen molar-refractivity contribution in [2.75, 3.05) is 20.5 Å². The van der Waals surface area contributed by atoms with Crippen LogP contribution in [0.5, 0.6) is 0 Å². The molecule has 0 saturated heterocycles. The number of esters is 1. The smallest absolute Gasteiger partial charge is 0.359 e. The van der Waals surface area contributed by atoms with E-state index in [4.69, 9.17) is 14.2 Å². The molecule has 1 N–H and O–H groups in total. The van der Waals surface area contributed by atoms with E-state index in [0.717, 1.165) is 17.7 Å². The number of nitrogens with one attached hydrogen (secondary N) is 1. The van der Waals surface area contributed by atoms with E-state index in [-0.39, 0.29) is 18.9 Å². The Bertz CT molecular complexity index is 471. The first-order valence-corrected chi connectivity index (χ1v) is 6.13. The summed E-state index contributed by atoms with van der Waals surface area (Å²) in [7, 11) is 1.59. The van der Waals surface area contributed by atoms with E-state index in [0.29, 0.717) is 24.1 Å². The van der Waals surface area contributed by atoms with E-state index in [1.165, 1.54) is 0 Å². The highest BCUT2D eigenvalue weighted by Crippen LogP contribution is 2.63. The van der Waals surface area contributed by atoms with Crippen molar-refractivity contribution in [3.05, 3.63) is 17.0 Å². The van der Waals surface area contributed by atoms with Gasteiger partial charge >= 0.3 is 5.97 Å². The number of carbonyl (C=O) groups is 1. The Morgan fingerprint density at radius 3 is 3.11 bits per heavy atom. The van der Waals surface area contributed by atoms with Gasteiger partial charge in [0.1, 0.15) is 12.9 Å². The van der Waals surface area contributed by atoms with Crippen molar-refractivity contribution < 1.29 is 19.0 Å². The lowest BCUT2D eigenvalue weighted by Crippen LogP contribution is -2.08. The minimum absolute atomic E-state index is 0.0272. The van der Waals surface area contributed by atoms with Crippen LogP contribution in [0, 0.1) is 5.92 Å². The molecule has 0 bridgehead atoms. The summed E-state index contributed by atoms with van der Waals surface area (Å²) in [4.78, 5) is 11.8. The Balaban J connectivity index is 1.84. The van der Waals surface area contributed by atoms with Gasteiger partial charge in [-0.05, 0) is 25.2 Å². The molecule has 3 atom stereocenters. The monoisotopic (exact) mass is 252 g/mol. The Morgan fingerprint density at radius 1 is 1.56 bits per heavy atom. The molecule has 1 aromatic heterocycles. The molecule has 0 aliphatic heterocycles. The SMILES string of the molecule is CCOC(=O)c1n[nH]c2c1[C@H]1C[C@H]1[C@H]2OCOC. The number of hydrogen-bond acceptors (Lipinski definition) is 5. The van der Waals surface area contributed by atoms with Gasteiger partial charge in [-0.15, -0.1) is 0 Å². The van der Waals surface area contributed by atoms with Gasteiger partial charge in [0.25, 0.3) is 0 Å². The molecule has 2 aliphatic carbocycles. The first-order valence-electron chi connectivity index (χ1n) is 6.13. The fraction of sp³-hybridized carbons (Fsp3) is 0.667. The number of H-pyrrole nitrogens is 1. The largest absolute Gasteiger partial charge is 0.461 e. The number of nitrogens with zero attached hydrogens (tertiary/aromatic N) is 1. The van der Waals surface area contributed by atoms with Crippen LogP contribution in [-0.2, 0) is 14.2 Å². The van der Waals surface area contributed by atoms with Gasteiger partial charge in [-0.3, -0.25) is 5.10 Å². The van der Waals surface area contributed by atoms with Crippen molar-refractivity contribution in [2.45, 2.75) is 25.4 Å². The molecule has 0 amide bonds. The zero-order valence-corrected chi connectivity index (χ0v) is 10.4. The van der Waals surface area contributed by atoms with Crippen LogP contribution in [0.15, 0.2) is 0 Å². The van der Waals surface area contributed by atoms with Crippen molar-refractivity contribution in [3.8, 4) is 0 Å². The van der Waals surface area contributed by atoms with Crippen LogP contribution in [0.4, 0.5) is 0 Å². The van der Waals surface area contributed by atoms with Crippen LogP contribution in [0.3, 0.4) is 0 Å². The normalized spacial score (nSPS) is 27.8. The summed E-state index contributed by atoms with van der Waals surface area (Å²) in [5, 5.41) is 6.99. The van der Waals surface area contributed by atoms with Crippen molar-refractivity contribution in [1.82, 2.24) is 10.2 Å². The second-order valence-electron chi connectivity index (χ2n) is 4.62. The Hall–Kier alpha value is -1.40. The third kappa shape index (κ3) is 1.64. The number of methoxy groups -OCH3 is 1. The molecular formula is C12H16N2O4. The number of carbonyl (C=O) groups excluding carboxylic acids is 1. The summed E-state index contributed by atoms with van der Waals surface area (Å²) in [6, 6.07) is 0. The van der Waals surface area contributed by atoms with Gasteiger partial charge < -0.3 is 14.2 Å². The highest BCUT2D eigenvalue weighted by molar-refractivity contribution is 5.90. The fourth-order valence-electron chi connectivity index (χ4n) is 2.75. The zero-order valence-electron chi connectivity index (χ0n) is 10.4. The molecule has 3 rings (SSSR count). The van der Waals surface area contributed by atoms with E-state index >= 15 is 0 Å². The molecule has 1 saturated carbocycles. The third-order valence-electron chi connectivity index (χ3n) is 3.55. The fourth-order valence-corrected chi connectivity index (χ4v) is 2.75. The number of aromatic amines is 1. The summed E-state index contributed by atoms with van der Waals surface area (Å²) in [6.07, 6.45) is 1.02. The lowest BCUT2D eigenvalue weighted by molar-refractivity contribution is -0.0803. The maximum atomic E-state index is 11.8. The molecule has 1 fully saturated rings. The number of hydrogen-bond donors (Lipinski definition) is 1. The van der Waals surface area contributed by atoms with Crippen molar-refractivity contribution in [2.24, 2.45) is 5.92 Å². The van der Waals surface area contributed by atoms with Crippen LogP contribution in [-0.4, -0.2) is 36.7 Å². The first-order chi connectivity index (χ1) is 8.77. The van der Waals surface area contributed by atoms with E-state index in [1.807, 2.05) is 0 Å². The Kier molecular flexibility index (Phi) is 2.83. The average molecular weight is 252 g/mol. The van der Waals surface area contributed by atoms with Gasteiger partial charge in [0.15, 0.2) is 5.69 Å². The van der Waals surface area contributed by atoms with Gasteiger partial charge in [0.05, 0.1) is 12.3 Å². The molecule has 6 nitrogen and oxygen atoms in total. The summed E-state index contributed by atoms with van der Waals surface area (Å²) >= 11 is 0. The molecule has 1 heterocycles. The van der Waals surface area contributed by atoms with E-state index in [2.05, 4.69) is 10.2 Å². The lowest BCUT2D eigenvalue weighted by Gasteiger charge is -2.12. The van der Waals surface area contributed by atoms with Gasteiger partial charge in [-0.25, -0.2) is 4.79 Å². The van der Waals surface area contributed by atoms with Gasteiger partial charge in [-0.1, -0.05) is 0 Å². The molecule has 6 heteroatoms. The van der Waals surface area contributed by atoms with E-state index in [9.17, 15) is 4.79 Å². The number of aromatic nitrogens is 2. The summed E-state index contributed by atoms with van der Waals surface area (Å²) in [5.74, 6) is 0.491. The maximum absolute atomic E-state index is 11.8. The molecule has 0 unspecified atom stereocenters. The van der Waals surface area contributed by atoms with Crippen molar-refractivity contribution in [3.63, 3.8) is 0 Å². The highest BCUT2D eigenvalue weighted by Gasteiger charge is 2.56. The quantitative estimate of drug-likeness (QED) is 0.632. The van der Waals surface area contributed by atoms with Crippen LogP contribution in [0.1, 0.15) is 47.1 Å². The van der Waals surface area contributed by atoms with E-state index < -0.39 is 0 Å². The minimum Gasteiger partial charge on any atom is -0.461 e. The third-order valence-corrected chi connectivity index (χ3v) is 3.55. The molecule has 2 aliphatic rings. The molecule has 18 heavy (non-hydrogen) atoms. The number of fused-ring (bicyclic) bond motifs is 3. The summed E-state index contributed by atoms with van der Waals surface area (Å²) < 4.78 is 15.6. The molecule has 98 valence electrons. The van der Waals surface area contributed by atoms with Crippen molar-refractivity contribution >= 4 is 5.97 Å². The van der Waals surface area contributed by atoms with Crippen molar-refractivity contribution in [1.29, 1.82) is 0 Å². The standard InChI is InChI=1S/C12H16N2O4/c1-3-17-12(15)10-8-6-4-7(6)11(18-5-16-2)9(8)13-14-10/h6-7,11H,3-5H2,1-2H3,(H,13,14)/t6-,7+,11+/m0/s1. The molecule has 0 aromatic carbocycles.